The third-order valence-electron chi connectivity index (χ3n) is 3.63. The van der Waals surface area contributed by atoms with Crippen LogP contribution in [-0.2, 0) is 4.74 Å². The zero-order chi connectivity index (χ0) is 17.6. The second kappa shape index (κ2) is 8.18. The Balaban J connectivity index is 2.54. The van der Waals surface area contributed by atoms with E-state index in [0.29, 0.717) is 18.4 Å². The van der Waals surface area contributed by atoms with Crippen molar-refractivity contribution in [3.63, 3.8) is 0 Å². The maximum absolute atomic E-state index is 11.8. The van der Waals surface area contributed by atoms with Gasteiger partial charge in [0.05, 0.1) is 11.4 Å². The Morgan fingerprint density at radius 2 is 1.87 bits per heavy atom. The van der Waals surface area contributed by atoms with E-state index in [9.17, 15) is 4.79 Å². The first-order valence-corrected chi connectivity index (χ1v) is 8.23. The topological polar surface area (TPSA) is 63.2 Å². The highest BCUT2D eigenvalue weighted by atomic mass is 16.6. The molecule has 0 radical (unpaired) electrons. The number of ether oxygens (including phenoxy) is 1. The molecule has 1 aromatic heterocycles. The largest absolute Gasteiger partial charge is 0.444 e. The van der Waals surface area contributed by atoms with Crippen LogP contribution < -0.4 is 10.6 Å². The average Bonchev–Trinajstić information content (AvgIpc) is 2.38. The molecule has 0 fully saturated rings. The molecule has 0 aromatic carbocycles. The van der Waals surface area contributed by atoms with E-state index in [0.717, 1.165) is 23.6 Å². The van der Waals surface area contributed by atoms with Gasteiger partial charge in [-0.15, -0.1) is 0 Å². The SMILES string of the molecule is Cc1ccc(NCC(CNC(=O)OC(C)(C)C)C(C)C)c(C)n1. The smallest absolute Gasteiger partial charge is 0.407 e. The van der Waals surface area contributed by atoms with Gasteiger partial charge in [0, 0.05) is 18.8 Å². The van der Waals surface area contributed by atoms with Crippen molar-refractivity contribution in [3.8, 4) is 0 Å². The van der Waals surface area contributed by atoms with Crippen molar-refractivity contribution < 1.29 is 9.53 Å². The van der Waals surface area contributed by atoms with Crippen molar-refractivity contribution in [1.29, 1.82) is 0 Å². The molecule has 1 heterocycles. The molecule has 1 unspecified atom stereocenters. The van der Waals surface area contributed by atoms with Gasteiger partial charge < -0.3 is 15.4 Å². The number of rotatable bonds is 6. The molecule has 2 N–H and O–H groups in total. The fourth-order valence-electron chi connectivity index (χ4n) is 2.19. The van der Waals surface area contributed by atoms with Crippen LogP contribution in [0, 0.1) is 25.7 Å². The van der Waals surface area contributed by atoms with E-state index < -0.39 is 5.60 Å². The molecule has 5 heteroatoms. The predicted octanol–water partition coefficient (Wildman–Crippen LogP) is 3.91. The zero-order valence-corrected chi connectivity index (χ0v) is 15.5. The molecule has 23 heavy (non-hydrogen) atoms. The molecule has 1 rings (SSSR count). The van der Waals surface area contributed by atoms with Crippen LogP contribution in [0.25, 0.3) is 0 Å². The lowest BCUT2D eigenvalue weighted by Gasteiger charge is -2.24. The van der Waals surface area contributed by atoms with E-state index in [-0.39, 0.29) is 6.09 Å². The lowest BCUT2D eigenvalue weighted by atomic mass is 9.95. The third-order valence-corrected chi connectivity index (χ3v) is 3.63. The highest BCUT2D eigenvalue weighted by Gasteiger charge is 2.19. The van der Waals surface area contributed by atoms with Crippen LogP contribution >= 0.6 is 0 Å². The molecular formula is C18H31N3O2. The lowest BCUT2D eigenvalue weighted by molar-refractivity contribution is 0.0516. The fourth-order valence-corrected chi connectivity index (χ4v) is 2.19. The van der Waals surface area contributed by atoms with E-state index in [1.807, 2.05) is 40.7 Å². The molecule has 1 aromatic rings. The van der Waals surface area contributed by atoms with Gasteiger partial charge in [0.25, 0.3) is 0 Å². The molecule has 1 atom stereocenters. The molecule has 5 nitrogen and oxygen atoms in total. The first kappa shape index (κ1) is 19.3. The molecule has 0 saturated heterocycles. The van der Waals surface area contributed by atoms with E-state index in [1.54, 1.807) is 0 Å². The van der Waals surface area contributed by atoms with Gasteiger partial charge in [0.15, 0.2) is 0 Å². The van der Waals surface area contributed by atoms with E-state index in [2.05, 4.69) is 35.5 Å². The van der Waals surface area contributed by atoms with Crippen LogP contribution in [0.4, 0.5) is 10.5 Å². The van der Waals surface area contributed by atoms with Gasteiger partial charge in [0.1, 0.15) is 5.60 Å². The summed E-state index contributed by atoms with van der Waals surface area (Å²) in [6.07, 6.45) is -0.365. The minimum atomic E-state index is -0.472. The van der Waals surface area contributed by atoms with E-state index in [1.165, 1.54) is 0 Å². The van der Waals surface area contributed by atoms with Gasteiger partial charge in [0.2, 0.25) is 0 Å². The Morgan fingerprint density at radius 1 is 1.22 bits per heavy atom. The summed E-state index contributed by atoms with van der Waals surface area (Å²) in [5, 5.41) is 6.30. The summed E-state index contributed by atoms with van der Waals surface area (Å²) >= 11 is 0. The summed E-state index contributed by atoms with van der Waals surface area (Å²) in [5.74, 6) is 0.749. The maximum Gasteiger partial charge on any atom is 0.407 e. The molecule has 0 aliphatic heterocycles. The van der Waals surface area contributed by atoms with Crippen LogP contribution in [0.1, 0.15) is 46.0 Å². The van der Waals surface area contributed by atoms with E-state index >= 15 is 0 Å². The summed E-state index contributed by atoms with van der Waals surface area (Å²) < 4.78 is 5.28. The molecule has 130 valence electrons. The van der Waals surface area contributed by atoms with Crippen LogP contribution in [0.3, 0.4) is 0 Å². The second-order valence-corrected chi connectivity index (χ2v) is 7.35. The highest BCUT2D eigenvalue weighted by molar-refractivity contribution is 5.67. The van der Waals surface area contributed by atoms with Crippen LogP contribution in [0.15, 0.2) is 12.1 Å². The summed E-state index contributed by atoms with van der Waals surface area (Å²) in [7, 11) is 0. The zero-order valence-electron chi connectivity index (χ0n) is 15.5. The monoisotopic (exact) mass is 321 g/mol. The number of carbonyl (C=O) groups is 1. The van der Waals surface area contributed by atoms with Crippen LogP contribution in [0.2, 0.25) is 0 Å². The summed E-state index contributed by atoms with van der Waals surface area (Å²) in [6, 6.07) is 4.05. The number of aryl methyl sites for hydroxylation is 2. The molecular weight excluding hydrogens is 290 g/mol. The Kier molecular flexibility index (Phi) is 6.85. The van der Waals surface area contributed by atoms with Gasteiger partial charge in [-0.3, -0.25) is 4.98 Å². The Hall–Kier alpha value is -1.78. The van der Waals surface area contributed by atoms with Gasteiger partial charge in [-0.05, 0) is 58.6 Å². The van der Waals surface area contributed by atoms with Gasteiger partial charge in [-0.2, -0.15) is 0 Å². The first-order chi connectivity index (χ1) is 10.6. The summed E-state index contributed by atoms with van der Waals surface area (Å²) in [5.41, 5.74) is 2.58. The van der Waals surface area contributed by atoms with Crippen LogP contribution in [0.5, 0.6) is 0 Å². The number of carbonyl (C=O) groups excluding carboxylic acids is 1. The van der Waals surface area contributed by atoms with Crippen molar-refractivity contribution in [2.45, 2.75) is 54.1 Å². The third kappa shape index (κ3) is 7.35. The van der Waals surface area contributed by atoms with E-state index in [4.69, 9.17) is 4.74 Å². The lowest BCUT2D eigenvalue weighted by Crippen LogP contribution is -2.38. The number of hydrogen-bond donors (Lipinski definition) is 2. The Labute approximate surface area is 140 Å². The summed E-state index contributed by atoms with van der Waals surface area (Å²) in [6.45, 7) is 15.2. The molecule has 0 saturated carbocycles. The minimum Gasteiger partial charge on any atom is -0.444 e. The molecule has 0 aliphatic rings. The number of alkyl carbamates (subject to hydrolysis) is 1. The van der Waals surface area contributed by atoms with Crippen molar-refractivity contribution in [1.82, 2.24) is 10.3 Å². The number of nitrogens with one attached hydrogen (secondary N) is 2. The van der Waals surface area contributed by atoms with Gasteiger partial charge in [-0.1, -0.05) is 13.8 Å². The first-order valence-electron chi connectivity index (χ1n) is 8.23. The fraction of sp³-hybridized carbons (Fsp3) is 0.667. The number of anilines is 1. The number of aromatic nitrogens is 1. The predicted molar refractivity (Wildman–Crippen MR) is 94.8 cm³/mol. The normalized spacial score (nSPS) is 12.9. The second-order valence-electron chi connectivity index (χ2n) is 7.35. The molecule has 0 bridgehead atoms. The number of hydrogen-bond acceptors (Lipinski definition) is 4. The Morgan fingerprint density at radius 3 is 2.39 bits per heavy atom. The molecule has 0 aliphatic carbocycles. The number of amides is 1. The number of pyridine rings is 1. The molecule has 1 amide bonds. The maximum atomic E-state index is 11.8. The number of nitrogens with zero attached hydrogens (tertiary/aromatic N) is 1. The average molecular weight is 321 g/mol. The van der Waals surface area contributed by atoms with Crippen molar-refractivity contribution in [2.75, 3.05) is 18.4 Å². The standard InChI is InChI=1S/C18H31N3O2/c1-12(2)15(11-20-17(22)23-18(5,6)7)10-19-16-9-8-13(3)21-14(16)4/h8-9,12,15,19H,10-11H2,1-7H3,(H,20,22). The summed E-state index contributed by atoms with van der Waals surface area (Å²) in [4.78, 5) is 16.2. The highest BCUT2D eigenvalue weighted by Crippen LogP contribution is 2.16. The molecule has 0 spiro atoms. The Bertz CT molecular complexity index is 521. The van der Waals surface area contributed by atoms with Gasteiger partial charge >= 0.3 is 6.09 Å². The quantitative estimate of drug-likeness (QED) is 0.834. The van der Waals surface area contributed by atoms with Crippen molar-refractivity contribution >= 4 is 11.8 Å². The minimum absolute atomic E-state index is 0.309. The van der Waals surface area contributed by atoms with Crippen LogP contribution in [-0.4, -0.2) is 29.8 Å². The van der Waals surface area contributed by atoms with Crippen molar-refractivity contribution in [2.24, 2.45) is 11.8 Å². The van der Waals surface area contributed by atoms with Gasteiger partial charge in [-0.25, -0.2) is 4.79 Å². The van der Waals surface area contributed by atoms with Crippen molar-refractivity contribution in [3.05, 3.63) is 23.5 Å².